The normalized spacial score (nSPS) is 21.8. The molecule has 0 bridgehead atoms. The average Bonchev–Trinajstić information content (AvgIpc) is 2.60. The van der Waals surface area contributed by atoms with Crippen molar-refractivity contribution >= 4 is 16.2 Å². The van der Waals surface area contributed by atoms with Gasteiger partial charge in [-0.25, -0.2) is 4.79 Å². The largest absolute Gasteiger partial charge is 0.490 e. The summed E-state index contributed by atoms with van der Waals surface area (Å²) in [6, 6.07) is 3.71. The predicted molar refractivity (Wildman–Crippen MR) is 94.4 cm³/mol. The number of carboxylic acids is 1. The predicted octanol–water partition coefficient (Wildman–Crippen LogP) is 1.13. The summed E-state index contributed by atoms with van der Waals surface area (Å²) in [4.78, 5) is 12.9. The Kier molecular flexibility index (Phi) is 7.09. The molecule has 9 nitrogen and oxygen atoms in total. The van der Waals surface area contributed by atoms with Crippen molar-refractivity contribution in [3.8, 4) is 5.75 Å². The van der Waals surface area contributed by atoms with E-state index in [9.17, 15) is 21.6 Å². The number of hydrogen-bond acceptors (Lipinski definition) is 6. The summed E-state index contributed by atoms with van der Waals surface area (Å²) in [5, 5.41) is 7.12. The van der Waals surface area contributed by atoms with E-state index >= 15 is 0 Å². The zero-order valence-electron chi connectivity index (χ0n) is 15.8. The van der Waals surface area contributed by atoms with E-state index in [0.29, 0.717) is 26.1 Å². The van der Waals surface area contributed by atoms with Gasteiger partial charge in [-0.3, -0.25) is 4.98 Å². The molecular weight excluding hydrogens is 419 g/mol. The van der Waals surface area contributed by atoms with Gasteiger partial charge < -0.3 is 14.6 Å². The van der Waals surface area contributed by atoms with Gasteiger partial charge in [-0.15, -0.1) is 0 Å². The summed E-state index contributed by atoms with van der Waals surface area (Å²) < 4.78 is 70.3. The SMILES string of the molecule is CN(C)S(=O)(=O)N1CC2(CC(Oc3cccnc3)CCO2)C1.O=C(O)C(F)(F)F. The van der Waals surface area contributed by atoms with Gasteiger partial charge >= 0.3 is 12.1 Å². The van der Waals surface area contributed by atoms with E-state index in [1.165, 1.54) is 22.7 Å². The summed E-state index contributed by atoms with van der Waals surface area (Å²) in [6.45, 7) is 1.36. The Morgan fingerprint density at radius 1 is 1.41 bits per heavy atom. The fourth-order valence-electron chi connectivity index (χ4n) is 2.90. The molecule has 1 N–H and O–H groups in total. The first-order chi connectivity index (χ1) is 13.4. The van der Waals surface area contributed by atoms with Crippen LogP contribution in [0.1, 0.15) is 12.8 Å². The van der Waals surface area contributed by atoms with E-state index in [2.05, 4.69) is 4.98 Å². The molecule has 1 aromatic heterocycles. The lowest BCUT2D eigenvalue weighted by Gasteiger charge is -2.52. The Morgan fingerprint density at radius 2 is 2.03 bits per heavy atom. The Hall–Kier alpha value is -1.96. The second kappa shape index (κ2) is 8.81. The van der Waals surface area contributed by atoms with Crippen LogP contribution in [0.2, 0.25) is 0 Å². The molecule has 2 aliphatic heterocycles. The highest BCUT2D eigenvalue weighted by Gasteiger charge is 2.52. The van der Waals surface area contributed by atoms with E-state index in [0.717, 1.165) is 12.2 Å². The molecule has 0 aliphatic carbocycles. The van der Waals surface area contributed by atoms with Gasteiger partial charge in [0.2, 0.25) is 0 Å². The molecule has 1 spiro atoms. The smallest absolute Gasteiger partial charge is 0.489 e. The van der Waals surface area contributed by atoms with E-state index < -0.39 is 28.0 Å². The molecule has 0 radical (unpaired) electrons. The van der Waals surface area contributed by atoms with Crippen LogP contribution in [-0.4, -0.2) is 84.8 Å². The number of carboxylic acid groups (broad SMARTS) is 1. The van der Waals surface area contributed by atoms with E-state index in [4.69, 9.17) is 19.4 Å². The van der Waals surface area contributed by atoms with Crippen LogP contribution in [-0.2, 0) is 19.7 Å². The van der Waals surface area contributed by atoms with Crippen molar-refractivity contribution in [2.45, 2.75) is 30.7 Å². The maximum absolute atomic E-state index is 12.1. The number of nitrogens with zero attached hydrogens (tertiary/aromatic N) is 3. The number of halogens is 3. The minimum atomic E-state index is -5.08. The van der Waals surface area contributed by atoms with E-state index in [1.807, 2.05) is 12.1 Å². The highest BCUT2D eigenvalue weighted by atomic mass is 32.2. The van der Waals surface area contributed by atoms with Gasteiger partial charge in [-0.05, 0) is 12.1 Å². The number of alkyl halides is 3. The van der Waals surface area contributed by atoms with Crippen molar-refractivity contribution in [3.63, 3.8) is 0 Å². The molecule has 2 saturated heterocycles. The first kappa shape index (κ1) is 23.3. The monoisotopic (exact) mass is 441 g/mol. The van der Waals surface area contributed by atoms with Crippen molar-refractivity contribution in [1.82, 2.24) is 13.6 Å². The molecule has 164 valence electrons. The molecule has 13 heteroatoms. The van der Waals surface area contributed by atoms with Crippen molar-refractivity contribution in [2.75, 3.05) is 33.8 Å². The van der Waals surface area contributed by atoms with Gasteiger partial charge in [0.25, 0.3) is 10.2 Å². The van der Waals surface area contributed by atoms with Crippen LogP contribution in [0.15, 0.2) is 24.5 Å². The van der Waals surface area contributed by atoms with Gasteiger partial charge in [0.15, 0.2) is 0 Å². The van der Waals surface area contributed by atoms with Gasteiger partial charge in [0.1, 0.15) is 11.9 Å². The first-order valence-electron chi connectivity index (χ1n) is 8.54. The minimum Gasteiger partial charge on any atom is -0.489 e. The van der Waals surface area contributed by atoms with Crippen LogP contribution in [0.25, 0.3) is 0 Å². The van der Waals surface area contributed by atoms with E-state index in [1.54, 1.807) is 12.4 Å². The van der Waals surface area contributed by atoms with Crippen LogP contribution in [0.3, 0.4) is 0 Å². The number of ether oxygens (including phenoxy) is 2. The lowest BCUT2D eigenvalue weighted by atomic mass is 9.86. The highest BCUT2D eigenvalue weighted by molar-refractivity contribution is 7.86. The van der Waals surface area contributed by atoms with Crippen molar-refractivity contribution < 1.29 is 41.0 Å². The zero-order chi connectivity index (χ0) is 21.9. The maximum Gasteiger partial charge on any atom is 0.490 e. The Balaban J connectivity index is 0.000000370. The molecule has 1 unspecified atom stereocenters. The minimum absolute atomic E-state index is 0.0298. The van der Waals surface area contributed by atoms with Gasteiger partial charge in [0, 0.05) is 46.2 Å². The second-order valence-electron chi connectivity index (χ2n) is 6.81. The molecule has 29 heavy (non-hydrogen) atoms. The topological polar surface area (TPSA) is 109 Å². The lowest BCUT2D eigenvalue weighted by Crippen LogP contribution is -2.68. The third kappa shape index (κ3) is 6.01. The molecule has 2 aliphatic rings. The second-order valence-corrected chi connectivity index (χ2v) is 8.96. The van der Waals surface area contributed by atoms with Gasteiger partial charge in [0.05, 0.1) is 18.4 Å². The lowest BCUT2D eigenvalue weighted by molar-refractivity contribution is -0.192. The summed E-state index contributed by atoms with van der Waals surface area (Å²) in [5.74, 6) is -2.02. The Bertz CT molecular complexity index is 798. The zero-order valence-corrected chi connectivity index (χ0v) is 16.6. The summed E-state index contributed by atoms with van der Waals surface area (Å²) >= 11 is 0. The van der Waals surface area contributed by atoms with Crippen LogP contribution >= 0.6 is 0 Å². The van der Waals surface area contributed by atoms with Crippen molar-refractivity contribution in [1.29, 1.82) is 0 Å². The molecule has 1 atom stereocenters. The maximum atomic E-state index is 12.1. The third-order valence-corrected chi connectivity index (χ3v) is 6.18. The number of pyridine rings is 1. The van der Waals surface area contributed by atoms with Gasteiger partial charge in [-0.2, -0.15) is 30.2 Å². The van der Waals surface area contributed by atoms with Crippen LogP contribution in [0, 0.1) is 0 Å². The molecule has 1 aromatic rings. The average molecular weight is 441 g/mol. The summed E-state index contributed by atoms with van der Waals surface area (Å²) in [7, 11) is -0.280. The molecule has 3 heterocycles. The summed E-state index contributed by atoms with van der Waals surface area (Å²) in [6.07, 6.45) is -0.166. The standard InChI is InChI=1S/C14H21N3O4S.C2HF3O2/c1-16(2)22(18,19)17-10-14(11-17)8-12(5-7-20-14)21-13-4-3-6-15-9-13;3-2(4,5)1(6)7/h3-4,6,9,12H,5,7-8,10-11H2,1-2H3;(H,6,7). The number of aromatic nitrogens is 1. The van der Waals surface area contributed by atoms with Crippen molar-refractivity contribution in [2.24, 2.45) is 0 Å². The molecule has 0 saturated carbocycles. The first-order valence-corrected chi connectivity index (χ1v) is 9.94. The fraction of sp³-hybridized carbons (Fsp3) is 0.625. The number of aliphatic carboxylic acids is 1. The van der Waals surface area contributed by atoms with Crippen LogP contribution in [0.4, 0.5) is 13.2 Å². The highest BCUT2D eigenvalue weighted by Crippen LogP contribution is 2.37. The molecule has 0 aromatic carbocycles. The van der Waals surface area contributed by atoms with Crippen molar-refractivity contribution in [3.05, 3.63) is 24.5 Å². The number of rotatable bonds is 4. The van der Waals surface area contributed by atoms with Gasteiger partial charge in [-0.1, -0.05) is 0 Å². The number of hydrogen-bond donors (Lipinski definition) is 1. The molecule has 3 rings (SSSR count). The van der Waals surface area contributed by atoms with Crippen LogP contribution in [0.5, 0.6) is 5.75 Å². The Morgan fingerprint density at radius 3 is 2.52 bits per heavy atom. The Labute approximate surface area is 166 Å². The quantitative estimate of drug-likeness (QED) is 0.746. The summed E-state index contributed by atoms with van der Waals surface area (Å²) in [5.41, 5.74) is -0.409. The molecule has 2 fully saturated rings. The van der Waals surface area contributed by atoms with Crippen LogP contribution < -0.4 is 4.74 Å². The van der Waals surface area contributed by atoms with E-state index in [-0.39, 0.29) is 6.10 Å². The molecule has 0 amide bonds. The third-order valence-electron chi connectivity index (χ3n) is 4.34. The fourth-order valence-corrected chi connectivity index (χ4v) is 4.16. The molecular formula is C16H22F3N3O6S. The number of carbonyl (C=O) groups is 1.